The predicted molar refractivity (Wildman–Crippen MR) is 94.6 cm³/mol. The molecule has 0 heterocycles. The van der Waals surface area contributed by atoms with Gasteiger partial charge in [0.15, 0.2) is 11.5 Å². The molecule has 0 atom stereocenters. The van der Waals surface area contributed by atoms with Gasteiger partial charge in [0.1, 0.15) is 17.2 Å². The first-order chi connectivity index (χ1) is 12.2. The molecule has 2 rings (SSSR count). The Bertz CT molecular complexity index is 767. The van der Waals surface area contributed by atoms with Gasteiger partial charge in [0, 0.05) is 6.04 Å². The molecule has 0 spiro atoms. The number of amides is 1. The van der Waals surface area contributed by atoms with E-state index in [1.807, 2.05) is 6.07 Å². The van der Waals surface area contributed by atoms with Gasteiger partial charge in [-0.15, -0.1) is 0 Å². The van der Waals surface area contributed by atoms with Crippen LogP contribution in [0, 0.1) is 11.3 Å². The molecule has 7 heteroatoms. The van der Waals surface area contributed by atoms with Crippen molar-refractivity contribution < 1.29 is 23.8 Å². The van der Waals surface area contributed by atoms with Gasteiger partial charge in [-0.05, 0) is 57.4 Å². The minimum absolute atomic E-state index is 0.000219. The highest BCUT2D eigenvalue weighted by molar-refractivity contribution is 6.02. The molecule has 1 N–H and O–H groups in total. The van der Waals surface area contributed by atoms with E-state index in [0.717, 1.165) is 12.8 Å². The van der Waals surface area contributed by atoms with Crippen molar-refractivity contribution in [1.29, 1.82) is 5.26 Å². The summed E-state index contributed by atoms with van der Waals surface area (Å²) in [6, 6.07) is 6.76. The van der Waals surface area contributed by atoms with Gasteiger partial charge in [-0.1, -0.05) is 6.07 Å². The van der Waals surface area contributed by atoms with E-state index >= 15 is 0 Å². The lowest BCUT2D eigenvalue weighted by molar-refractivity contribution is -0.117. The first kappa shape index (κ1) is 19.3. The van der Waals surface area contributed by atoms with Crippen LogP contribution in [-0.2, 0) is 9.53 Å². The predicted octanol–water partition coefficient (Wildman–Crippen LogP) is 3.19. The number of carbonyl (C=O) groups excluding carboxylic acids is 2. The number of rotatable bonds is 5. The molecule has 26 heavy (non-hydrogen) atoms. The topological polar surface area (TPSA) is 97.6 Å². The van der Waals surface area contributed by atoms with Crippen molar-refractivity contribution in [3.8, 4) is 17.6 Å². The molecule has 1 aromatic carbocycles. The van der Waals surface area contributed by atoms with Crippen molar-refractivity contribution in [2.24, 2.45) is 0 Å². The number of ether oxygens (including phenoxy) is 3. The maximum Gasteiger partial charge on any atom is 0.514 e. The lowest BCUT2D eigenvalue weighted by Crippen LogP contribution is -2.26. The van der Waals surface area contributed by atoms with E-state index in [4.69, 9.17) is 14.2 Å². The Balaban J connectivity index is 2.16. The third-order valence-electron chi connectivity index (χ3n) is 3.36. The summed E-state index contributed by atoms with van der Waals surface area (Å²) in [6.45, 7) is 5.19. The summed E-state index contributed by atoms with van der Waals surface area (Å²) in [5.74, 6) is 0.0624. The van der Waals surface area contributed by atoms with E-state index in [0.29, 0.717) is 5.56 Å². The maximum atomic E-state index is 12.0. The summed E-state index contributed by atoms with van der Waals surface area (Å²) in [6.07, 6.45) is 2.49. The van der Waals surface area contributed by atoms with Crippen LogP contribution in [-0.4, -0.2) is 30.8 Å². The number of nitrogens with zero attached hydrogens (tertiary/aromatic N) is 1. The van der Waals surface area contributed by atoms with Gasteiger partial charge in [-0.3, -0.25) is 4.79 Å². The Morgan fingerprint density at radius 3 is 2.50 bits per heavy atom. The van der Waals surface area contributed by atoms with Crippen LogP contribution in [0.15, 0.2) is 23.8 Å². The highest BCUT2D eigenvalue weighted by Crippen LogP contribution is 2.30. The zero-order chi connectivity index (χ0) is 19.3. The van der Waals surface area contributed by atoms with E-state index < -0.39 is 17.7 Å². The van der Waals surface area contributed by atoms with Crippen LogP contribution in [0.5, 0.6) is 11.5 Å². The second kappa shape index (κ2) is 7.91. The Kier molecular flexibility index (Phi) is 5.88. The molecule has 0 bridgehead atoms. The molecule has 1 aromatic rings. The monoisotopic (exact) mass is 358 g/mol. The van der Waals surface area contributed by atoms with Gasteiger partial charge >= 0.3 is 6.16 Å². The van der Waals surface area contributed by atoms with Crippen molar-refractivity contribution in [2.75, 3.05) is 7.11 Å². The van der Waals surface area contributed by atoms with Crippen LogP contribution in [0.1, 0.15) is 39.2 Å². The minimum Gasteiger partial charge on any atom is -0.493 e. The van der Waals surface area contributed by atoms with Gasteiger partial charge in [0.2, 0.25) is 0 Å². The normalized spacial score (nSPS) is 14.2. The van der Waals surface area contributed by atoms with Crippen molar-refractivity contribution in [3.63, 3.8) is 0 Å². The van der Waals surface area contributed by atoms with Crippen molar-refractivity contribution >= 4 is 18.1 Å². The van der Waals surface area contributed by atoms with Crippen LogP contribution in [0.3, 0.4) is 0 Å². The Morgan fingerprint density at radius 2 is 1.96 bits per heavy atom. The summed E-state index contributed by atoms with van der Waals surface area (Å²) in [4.78, 5) is 23.8. The average molecular weight is 358 g/mol. The maximum absolute atomic E-state index is 12.0. The van der Waals surface area contributed by atoms with Crippen LogP contribution in [0.25, 0.3) is 6.08 Å². The lowest BCUT2D eigenvalue weighted by atomic mass is 10.1. The third kappa shape index (κ3) is 5.81. The number of carbonyl (C=O) groups is 2. The Labute approximate surface area is 152 Å². The van der Waals surface area contributed by atoms with Crippen molar-refractivity contribution in [1.82, 2.24) is 5.32 Å². The summed E-state index contributed by atoms with van der Waals surface area (Å²) >= 11 is 0. The van der Waals surface area contributed by atoms with Gasteiger partial charge < -0.3 is 19.5 Å². The molecule has 7 nitrogen and oxygen atoms in total. The van der Waals surface area contributed by atoms with E-state index in [-0.39, 0.29) is 23.1 Å². The van der Waals surface area contributed by atoms with Crippen molar-refractivity contribution in [3.05, 3.63) is 29.3 Å². The van der Waals surface area contributed by atoms with Gasteiger partial charge in [0.25, 0.3) is 5.91 Å². The molecule has 1 aliphatic carbocycles. The molecule has 1 saturated carbocycles. The zero-order valence-electron chi connectivity index (χ0n) is 15.3. The second-order valence-corrected chi connectivity index (χ2v) is 6.89. The van der Waals surface area contributed by atoms with Crippen molar-refractivity contribution in [2.45, 2.75) is 45.3 Å². The number of methoxy groups -OCH3 is 1. The Hall–Kier alpha value is -3.01. The highest BCUT2D eigenvalue weighted by Gasteiger charge is 2.25. The number of nitriles is 1. The molecule has 0 aliphatic heterocycles. The average Bonchev–Trinajstić information content (AvgIpc) is 3.35. The first-order valence-corrected chi connectivity index (χ1v) is 8.23. The van der Waals surface area contributed by atoms with Crippen LogP contribution < -0.4 is 14.8 Å². The fourth-order valence-corrected chi connectivity index (χ4v) is 2.02. The Morgan fingerprint density at radius 1 is 1.27 bits per heavy atom. The summed E-state index contributed by atoms with van der Waals surface area (Å²) in [7, 11) is 1.43. The zero-order valence-corrected chi connectivity index (χ0v) is 15.3. The van der Waals surface area contributed by atoms with Gasteiger partial charge in [-0.2, -0.15) is 5.26 Å². The summed E-state index contributed by atoms with van der Waals surface area (Å²) < 4.78 is 15.5. The quantitative estimate of drug-likeness (QED) is 0.376. The van der Waals surface area contributed by atoms with E-state index in [2.05, 4.69) is 5.32 Å². The molecular formula is C19H22N2O5. The van der Waals surface area contributed by atoms with Crippen LogP contribution in [0.4, 0.5) is 4.79 Å². The number of nitrogens with one attached hydrogen (secondary N) is 1. The first-order valence-electron chi connectivity index (χ1n) is 8.23. The lowest BCUT2D eigenvalue weighted by Gasteiger charge is -2.19. The third-order valence-corrected chi connectivity index (χ3v) is 3.36. The van der Waals surface area contributed by atoms with E-state index in [1.165, 1.54) is 19.3 Å². The minimum atomic E-state index is -0.847. The molecule has 1 aliphatic rings. The number of hydrogen-bond acceptors (Lipinski definition) is 6. The van der Waals surface area contributed by atoms with Gasteiger partial charge in [-0.25, -0.2) is 4.79 Å². The molecule has 1 fully saturated rings. The largest absolute Gasteiger partial charge is 0.514 e. The molecule has 0 unspecified atom stereocenters. The fourth-order valence-electron chi connectivity index (χ4n) is 2.02. The summed E-state index contributed by atoms with van der Waals surface area (Å²) in [5, 5.41) is 12.0. The van der Waals surface area contributed by atoms with E-state index in [9.17, 15) is 14.9 Å². The SMILES string of the molecule is COc1cc(/C=C(\C#N)C(=O)NC2CC2)ccc1OC(=O)OC(C)(C)C. The summed E-state index contributed by atoms with van der Waals surface area (Å²) in [5.41, 5.74) is -0.107. The van der Waals surface area contributed by atoms with Gasteiger partial charge in [0.05, 0.1) is 7.11 Å². The molecule has 0 radical (unpaired) electrons. The fraction of sp³-hybridized carbons (Fsp3) is 0.421. The smallest absolute Gasteiger partial charge is 0.493 e. The molecule has 1 amide bonds. The van der Waals surface area contributed by atoms with Crippen LogP contribution >= 0.6 is 0 Å². The second-order valence-electron chi connectivity index (χ2n) is 6.89. The number of hydrogen-bond donors (Lipinski definition) is 1. The molecule has 138 valence electrons. The molecular weight excluding hydrogens is 336 g/mol. The standard InChI is InChI=1S/C19H22N2O5/c1-19(2,3)26-18(23)25-15-8-5-12(10-16(15)24-4)9-13(11-20)17(22)21-14-6-7-14/h5,8-10,14H,6-7H2,1-4H3,(H,21,22)/b13-9+. The molecule has 0 aromatic heterocycles. The highest BCUT2D eigenvalue weighted by atomic mass is 16.7. The van der Waals surface area contributed by atoms with E-state index in [1.54, 1.807) is 32.9 Å². The number of benzene rings is 1. The van der Waals surface area contributed by atoms with Crippen LogP contribution in [0.2, 0.25) is 0 Å². The molecule has 0 saturated heterocycles.